The number of fused-ring (bicyclic) bond motifs is 1. The summed E-state index contributed by atoms with van der Waals surface area (Å²) in [6.07, 6.45) is 2.54. The highest BCUT2D eigenvalue weighted by Gasteiger charge is 2.43. The Labute approximate surface area is 168 Å². The molecule has 0 aliphatic carbocycles. The first kappa shape index (κ1) is 19.3. The molecule has 3 aromatic rings. The van der Waals surface area contributed by atoms with E-state index in [9.17, 15) is 9.18 Å². The van der Waals surface area contributed by atoms with Crippen LogP contribution in [0.5, 0.6) is 5.75 Å². The van der Waals surface area contributed by atoms with Gasteiger partial charge in [0, 0.05) is 30.4 Å². The maximum absolute atomic E-state index is 14.7. The lowest BCUT2D eigenvalue weighted by molar-refractivity contribution is -0.125. The zero-order valence-corrected chi connectivity index (χ0v) is 16.3. The van der Waals surface area contributed by atoms with Gasteiger partial charge in [-0.1, -0.05) is 18.2 Å². The van der Waals surface area contributed by atoms with Crippen LogP contribution in [0.4, 0.5) is 10.1 Å². The second kappa shape index (κ2) is 8.17. The Balaban J connectivity index is 1.74. The third kappa shape index (κ3) is 3.56. The number of benzene rings is 2. The van der Waals surface area contributed by atoms with E-state index in [0.717, 1.165) is 5.39 Å². The molecule has 1 amide bonds. The molecule has 0 spiro atoms. The van der Waals surface area contributed by atoms with E-state index in [1.807, 2.05) is 19.1 Å². The van der Waals surface area contributed by atoms with Crippen LogP contribution in [-0.4, -0.2) is 30.7 Å². The van der Waals surface area contributed by atoms with Crippen molar-refractivity contribution in [2.24, 2.45) is 0 Å². The third-order valence-electron chi connectivity index (χ3n) is 5.45. The number of nitrogens with zero attached hydrogens (tertiary/aromatic N) is 1. The summed E-state index contributed by atoms with van der Waals surface area (Å²) in [4.78, 5) is 17.9. The predicted octanol–water partition coefficient (Wildman–Crippen LogP) is 4.46. The number of rotatable bonds is 5. The molecule has 1 N–H and O–H groups in total. The molecule has 1 saturated heterocycles. The van der Waals surface area contributed by atoms with Crippen LogP contribution >= 0.6 is 0 Å². The number of carbonyl (C=O) groups excluding carboxylic acids is 1. The minimum Gasteiger partial charge on any atom is -0.492 e. The first-order chi connectivity index (χ1) is 14.2. The largest absolute Gasteiger partial charge is 0.492 e. The number of ether oxygens (including phenoxy) is 2. The van der Waals surface area contributed by atoms with Crippen LogP contribution in [0.1, 0.15) is 25.3 Å². The van der Waals surface area contributed by atoms with Gasteiger partial charge in [0.25, 0.3) is 0 Å². The van der Waals surface area contributed by atoms with Gasteiger partial charge < -0.3 is 14.8 Å². The van der Waals surface area contributed by atoms with Gasteiger partial charge in [0.2, 0.25) is 5.91 Å². The minimum atomic E-state index is -0.975. The Hall–Kier alpha value is -2.99. The van der Waals surface area contributed by atoms with Crippen LogP contribution in [0.3, 0.4) is 0 Å². The molecule has 0 bridgehead atoms. The van der Waals surface area contributed by atoms with Gasteiger partial charge in [0.1, 0.15) is 17.1 Å². The summed E-state index contributed by atoms with van der Waals surface area (Å²) in [6.45, 7) is 3.25. The minimum absolute atomic E-state index is 0.236. The van der Waals surface area contributed by atoms with Gasteiger partial charge in [-0.2, -0.15) is 0 Å². The molecule has 1 aromatic heterocycles. The molecule has 0 atom stereocenters. The summed E-state index contributed by atoms with van der Waals surface area (Å²) >= 11 is 0. The molecule has 2 heterocycles. The molecular formula is C23H23FN2O3. The number of amides is 1. The van der Waals surface area contributed by atoms with Gasteiger partial charge in [0.05, 0.1) is 17.7 Å². The van der Waals surface area contributed by atoms with E-state index in [1.165, 1.54) is 6.07 Å². The molecule has 4 rings (SSSR count). The maximum atomic E-state index is 14.7. The summed E-state index contributed by atoms with van der Waals surface area (Å²) in [7, 11) is 0. The summed E-state index contributed by atoms with van der Waals surface area (Å²) < 4.78 is 25.8. The highest BCUT2D eigenvalue weighted by molar-refractivity contribution is 6.06. The van der Waals surface area contributed by atoms with E-state index in [2.05, 4.69) is 10.3 Å². The molecule has 0 unspecified atom stereocenters. The topological polar surface area (TPSA) is 60.5 Å². The lowest BCUT2D eigenvalue weighted by Crippen LogP contribution is -2.45. The van der Waals surface area contributed by atoms with Crippen LogP contribution in [0, 0.1) is 5.82 Å². The zero-order valence-electron chi connectivity index (χ0n) is 16.3. The van der Waals surface area contributed by atoms with Gasteiger partial charge >= 0.3 is 0 Å². The lowest BCUT2D eigenvalue weighted by Gasteiger charge is -2.36. The number of halogens is 1. The van der Waals surface area contributed by atoms with Crippen LogP contribution in [0.15, 0.2) is 54.7 Å². The quantitative estimate of drug-likeness (QED) is 0.694. The molecule has 5 nitrogen and oxygen atoms in total. The molecule has 1 fully saturated rings. The van der Waals surface area contributed by atoms with Crippen molar-refractivity contribution >= 4 is 22.5 Å². The molecular weight excluding hydrogens is 371 g/mol. The van der Waals surface area contributed by atoms with Gasteiger partial charge in [-0.05, 0) is 50.1 Å². The van der Waals surface area contributed by atoms with Gasteiger partial charge in [-0.15, -0.1) is 0 Å². The molecule has 1 aliphatic rings. The Morgan fingerprint density at radius 2 is 1.97 bits per heavy atom. The van der Waals surface area contributed by atoms with Crippen molar-refractivity contribution in [1.29, 1.82) is 0 Å². The van der Waals surface area contributed by atoms with Crippen molar-refractivity contribution in [2.45, 2.75) is 25.2 Å². The lowest BCUT2D eigenvalue weighted by atomic mass is 9.73. The number of aromatic nitrogens is 1. The van der Waals surface area contributed by atoms with E-state index in [-0.39, 0.29) is 11.7 Å². The third-order valence-corrected chi connectivity index (χ3v) is 5.45. The average molecular weight is 394 g/mol. The molecule has 0 saturated carbocycles. The first-order valence-corrected chi connectivity index (χ1v) is 9.80. The number of carbonyl (C=O) groups is 1. The highest BCUT2D eigenvalue weighted by atomic mass is 19.1. The standard InChI is InChI=1S/C23H23FN2O3/c1-2-29-20-10-9-19(16-6-5-13-25-21(16)20)26-22(27)23(11-14-28-15-12-23)17-7-3-4-8-18(17)24/h3-10,13H,2,11-12,14-15H2,1H3,(H,26,27). The van der Waals surface area contributed by atoms with Crippen molar-refractivity contribution in [3.8, 4) is 5.75 Å². The predicted molar refractivity (Wildman–Crippen MR) is 110 cm³/mol. The van der Waals surface area contributed by atoms with Gasteiger partial charge in [0.15, 0.2) is 0 Å². The second-order valence-corrected chi connectivity index (χ2v) is 7.07. The summed E-state index contributed by atoms with van der Waals surface area (Å²) in [5.74, 6) is 0.0546. The normalized spacial score (nSPS) is 15.8. The van der Waals surface area contributed by atoms with Crippen LogP contribution in [0.25, 0.3) is 10.9 Å². The van der Waals surface area contributed by atoms with Crippen molar-refractivity contribution in [3.63, 3.8) is 0 Å². The van der Waals surface area contributed by atoms with Crippen LogP contribution in [-0.2, 0) is 14.9 Å². The zero-order chi connectivity index (χ0) is 20.3. The molecule has 1 aliphatic heterocycles. The highest BCUT2D eigenvalue weighted by Crippen LogP contribution is 2.38. The SMILES string of the molecule is CCOc1ccc(NC(=O)C2(c3ccccc3F)CCOCC2)c2cccnc12. The van der Waals surface area contributed by atoms with E-state index < -0.39 is 5.41 Å². The molecule has 6 heteroatoms. The number of hydrogen-bond acceptors (Lipinski definition) is 4. The number of pyridine rings is 1. The summed E-state index contributed by atoms with van der Waals surface area (Å²) in [6, 6.07) is 13.8. The van der Waals surface area contributed by atoms with E-state index in [1.54, 1.807) is 36.5 Å². The fourth-order valence-corrected chi connectivity index (χ4v) is 3.96. The van der Waals surface area contributed by atoms with Crippen LogP contribution < -0.4 is 10.1 Å². The monoisotopic (exact) mass is 394 g/mol. The second-order valence-electron chi connectivity index (χ2n) is 7.07. The fourth-order valence-electron chi connectivity index (χ4n) is 3.96. The molecule has 29 heavy (non-hydrogen) atoms. The summed E-state index contributed by atoms with van der Waals surface area (Å²) in [5, 5.41) is 3.81. The maximum Gasteiger partial charge on any atom is 0.235 e. The van der Waals surface area contributed by atoms with E-state index >= 15 is 0 Å². The Kier molecular flexibility index (Phi) is 5.45. The van der Waals surface area contributed by atoms with Gasteiger partial charge in [-0.25, -0.2) is 4.39 Å². The summed E-state index contributed by atoms with van der Waals surface area (Å²) in [5.41, 5.74) is 0.744. The van der Waals surface area contributed by atoms with Crippen molar-refractivity contribution in [3.05, 3.63) is 66.1 Å². The molecule has 0 radical (unpaired) electrons. The Morgan fingerprint density at radius 3 is 2.72 bits per heavy atom. The van der Waals surface area contributed by atoms with Crippen molar-refractivity contribution in [1.82, 2.24) is 4.98 Å². The molecule has 150 valence electrons. The van der Waals surface area contributed by atoms with E-state index in [0.29, 0.717) is 55.2 Å². The van der Waals surface area contributed by atoms with Crippen LogP contribution in [0.2, 0.25) is 0 Å². The van der Waals surface area contributed by atoms with Crippen molar-refractivity contribution < 1.29 is 18.7 Å². The number of nitrogens with one attached hydrogen (secondary N) is 1. The van der Waals surface area contributed by atoms with Crippen molar-refractivity contribution in [2.75, 3.05) is 25.1 Å². The number of hydrogen-bond donors (Lipinski definition) is 1. The molecule has 2 aromatic carbocycles. The first-order valence-electron chi connectivity index (χ1n) is 9.80. The Bertz CT molecular complexity index is 1030. The smallest absolute Gasteiger partial charge is 0.235 e. The van der Waals surface area contributed by atoms with Gasteiger partial charge in [-0.3, -0.25) is 9.78 Å². The average Bonchev–Trinajstić information content (AvgIpc) is 2.76. The number of anilines is 1. The van der Waals surface area contributed by atoms with E-state index in [4.69, 9.17) is 9.47 Å². The Morgan fingerprint density at radius 1 is 1.17 bits per heavy atom. The fraction of sp³-hybridized carbons (Fsp3) is 0.304.